The van der Waals surface area contributed by atoms with Crippen molar-refractivity contribution in [2.24, 2.45) is 10.2 Å². The average Bonchev–Trinajstić information content (AvgIpc) is 3.11. The molecule has 8 heteroatoms. The van der Waals surface area contributed by atoms with Crippen molar-refractivity contribution in [3.63, 3.8) is 0 Å². The van der Waals surface area contributed by atoms with Crippen LogP contribution >= 0.6 is 0 Å². The largest absolute Gasteiger partial charge is 0.352 e. The number of amides is 1. The quantitative estimate of drug-likeness (QED) is 0.796. The first-order valence-corrected chi connectivity index (χ1v) is 6.79. The van der Waals surface area contributed by atoms with Crippen LogP contribution in [-0.4, -0.2) is 33.5 Å². The van der Waals surface area contributed by atoms with Crippen LogP contribution in [0.2, 0.25) is 0 Å². The molecule has 112 valence electrons. The lowest BCUT2D eigenvalue weighted by Crippen LogP contribution is -2.28. The van der Waals surface area contributed by atoms with E-state index in [0.29, 0.717) is 36.8 Å². The molecular weight excluding hydrogens is 287 g/mol. The summed E-state index contributed by atoms with van der Waals surface area (Å²) in [6, 6.07) is 2.35. The zero-order valence-electron chi connectivity index (χ0n) is 11.6. The molecule has 0 radical (unpaired) electrons. The average molecular weight is 300 g/mol. The van der Waals surface area contributed by atoms with E-state index in [0.717, 1.165) is 6.07 Å². The monoisotopic (exact) mass is 300 g/mol. The molecule has 1 amide bonds. The number of rotatable bonds is 6. The fourth-order valence-corrected chi connectivity index (χ4v) is 2.23. The fraction of sp³-hybridized carbons (Fsp3) is 0.357. The summed E-state index contributed by atoms with van der Waals surface area (Å²) in [7, 11) is 0. The number of H-pyrrole nitrogens is 1. The minimum absolute atomic E-state index is 0.145. The summed E-state index contributed by atoms with van der Waals surface area (Å²) in [5, 5.41) is 20.7. The van der Waals surface area contributed by atoms with Crippen molar-refractivity contribution in [3.05, 3.63) is 23.5 Å². The molecule has 7 nitrogen and oxygen atoms in total. The van der Waals surface area contributed by atoms with E-state index in [1.807, 2.05) is 0 Å². The number of benzene rings is 1. The first-order chi connectivity index (χ1) is 10.6. The molecule has 2 aromatic rings. The van der Waals surface area contributed by atoms with E-state index < -0.39 is 17.4 Å². The van der Waals surface area contributed by atoms with Crippen molar-refractivity contribution in [1.29, 1.82) is 0 Å². The van der Waals surface area contributed by atoms with Gasteiger partial charge in [0, 0.05) is 31.9 Å². The summed E-state index contributed by atoms with van der Waals surface area (Å²) < 4.78 is 13.5. The lowest BCUT2D eigenvalue weighted by Gasteiger charge is -2.10. The Morgan fingerprint density at radius 2 is 2.18 bits per heavy atom. The number of nitrogens with zero attached hydrogens (tertiary/aromatic N) is 4. The number of aromatic amines is 1. The van der Waals surface area contributed by atoms with Crippen molar-refractivity contribution >= 4 is 16.9 Å². The van der Waals surface area contributed by atoms with Gasteiger partial charge < -0.3 is 5.32 Å². The second-order valence-corrected chi connectivity index (χ2v) is 5.04. The van der Waals surface area contributed by atoms with Crippen LogP contribution in [0.4, 0.5) is 4.39 Å². The molecule has 0 saturated heterocycles. The highest BCUT2D eigenvalue weighted by Crippen LogP contribution is 2.36. The number of terminal acetylenes is 1. The maximum atomic E-state index is 13.5. The van der Waals surface area contributed by atoms with E-state index in [4.69, 9.17) is 6.42 Å². The Labute approximate surface area is 125 Å². The molecule has 0 fully saturated rings. The number of halogens is 1. The van der Waals surface area contributed by atoms with Crippen LogP contribution in [0.3, 0.4) is 0 Å². The lowest BCUT2D eigenvalue weighted by atomic mass is 10.0. The standard InChI is InChI=1S/C14H13FN6O/c1-2-3-4-14(19-20-14)5-6-16-13(22)10-7-9(15)8-11-12(10)18-21-17-11/h1,7-8H,3-6H2,(H,16,22)(H,17,18,21). The van der Waals surface area contributed by atoms with Gasteiger partial charge in [0.15, 0.2) is 5.66 Å². The van der Waals surface area contributed by atoms with Gasteiger partial charge in [-0.1, -0.05) is 0 Å². The Balaban J connectivity index is 1.62. The normalized spacial score (nSPS) is 14.7. The lowest BCUT2D eigenvalue weighted by molar-refractivity contribution is 0.0953. The molecule has 3 rings (SSSR count). The third kappa shape index (κ3) is 2.79. The van der Waals surface area contributed by atoms with Crippen molar-refractivity contribution in [2.45, 2.75) is 24.9 Å². The van der Waals surface area contributed by atoms with Crippen molar-refractivity contribution in [1.82, 2.24) is 20.7 Å². The molecule has 0 aliphatic carbocycles. The molecule has 1 aromatic heterocycles. The van der Waals surface area contributed by atoms with Crippen molar-refractivity contribution in [2.75, 3.05) is 6.54 Å². The van der Waals surface area contributed by atoms with E-state index in [1.54, 1.807) is 0 Å². The van der Waals surface area contributed by atoms with Gasteiger partial charge >= 0.3 is 0 Å². The molecule has 1 aliphatic heterocycles. The van der Waals surface area contributed by atoms with Gasteiger partial charge in [0.25, 0.3) is 5.91 Å². The van der Waals surface area contributed by atoms with Gasteiger partial charge in [-0.15, -0.1) is 12.3 Å². The van der Waals surface area contributed by atoms with E-state index in [1.165, 1.54) is 6.07 Å². The minimum Gasteiger partial charge on any atom is -0.352 e. The molecule has 1 aromatic carbocycles. The van der Waals surface area contributed by atoms with Gasteiger partial charge in [0.2, 0.25) is 0 Å². The molecule has 0 bridgehead atoms. The summed E-state index contributed by atoms with van der Waals surface area (Å²) in [4.78, 5) is 12.2. The van der Waals surface area contributed by atoms with Gasteiger partial charge in [0.05, 0.1) is 5.56 Å². The summed E-state index contributed by atoms with van der Waals surface area (Å²) in [5.41, 5.74) is 0.334. The zero-order chi connectivity index (χ0) is 15.6. The van der Waals surface area contributed by atoms with E-state index in [2.05, 4.69) is 36.9 Å². The van der Waals surface area contributed by atoms with Crippen LogP contribution in [0.25, 0.3) is 11.0 Å². The van der Waals surface area contributed by atoms with Crippen LogP contribution < -0.4 is 5.32 Å². The van der Waals surface area contributed by atoms with E-state index in [-0.39, 0.29) is 5.56 Å². The topological polar surface area (TPSA) is 95.4 Å². The van der Waals surface area contributed by atoms with Crippen molar-refractivity contribution in [3.8, 4) is 12.3 Å². The Bertz CT molecular complexity index is 784. The summed E-state index contributed by atoms with van der Waals surface area (Å²) in [6.07, 6.45) is 7.05. The fourth-order valence-electron chi connectivity index (χ4n) is 2.23. The van der Waals surface area contributed by atoms with Crippen LogP contribution in [0.5, 0.6) is 0 Å². The van der Waals surface area contributed by atoms with Crippen LogP contribution in [0, 0.1) is 18.2 Å². The second-order valence-electron chi connectivity index (χ2n) is 5.04. The summed E-state index contributed by atoms with van der Waals surface area (Å²) in [6.45, 7) is 0.367. The van der Waals surface area contributed by atoms with E-state index >= 15 is 0 Å². The van der Waals surface area contributed by atoms with Gasteiger partial charge in [-0.2, -0.15) is 25.6 Å². The highest BCUT2D eigenvalue weighted by molar-refractivity contribution is 6.04. The SMILES string of the molecule is C#CCCC1(CCNC(=O)c2cc(F)cc3n[nH]nc23)N=N1. The van der Waals surface area contributed by atoms with Crippen LogP contribution in [0.15, 0.2) is 22.4 Å². The Morgan fingerprint density at radius 1 is 1.36 bits per heavy atom. The minimum atomic E-state index is -0.538. The first-order valence-electron chi connectivity index (χ1n) is 6.79. The van der Waals surface area contributed by atoms with Crippen LogP contribution in [0.1, 0.15) is 29.6 Å². The molecule has 2 heterocycles. The Kier molecular flexibility index (Phi) is 3.55. The molecule has 22 heavy (non-hydrogen) atoms. The highest BCUT2D eigenvalue weighted by Gasteiger charge is 2.38. The summed E-state index contributed by atoms with van der Waals surface area (Å²) >= 11 is 0. The molecule has 0 spiro atoms. The Hall–Kier alpha value is -2.82. The third-order valence-corrected chi connectivity index (χ3v) is 3.49. The van der Waals surface area contributed by atoms with Gasteiger partial charge in [0.1, 0.15) is 16.9 Å². The maximum Gasteiger partial charge on any atom is 0.253 e. The number of nitrogens with one attached hydrogen (secondary N) is 2. The molecule has 0 saturated carbocycles. The van der Waals surface area contributed by atoms with Crippen LogP contribution in [-0.2, 0) is 0 Å². The molecule has 1 aliphatic rings. The molecule has 0 unspecified atom stereocenters. The number of carbonyl (C=O) groups excluding carboxylic acids is 1. The van der Waals surface area contributed by atoms with Gasteiger partial charge in [-0.3, -0.25) is 4.79 Å². The second kappa shape index (κ2) is 5.52. The first kappa shape index (κ1) is 14.1. The van der Waals surface area contributed by atoms with E-state index in [9.17, 15) is 9.18 Å². The summed E-state index contributed by atoms with van der Waals surface area (Å²) in [5.74, 6) is 1.60. The number of aromatic nitrogens is 3. The number of fused-ring (bicyclic) bond motifs is 1. The number of carbonyl (C=O) groups is 1. The molecule has 0 atom stereocenters. The number of hydrogen-bond acceptors (Lipinski definition) is 5. The zero-order valence-corrected chi connectivity index (χ0v) is 11.6. The van der Waals surface area contributed by atoms with Crippen molar-refractivity contribution < 1.29 is 9.18 Å². The Morgan fingerprint density at radius 3 is 2.91 bits per heavy atom. The predicted octanol–water partition coefficient (Wildman–Crippen LogP) is 1.79. The van der Waals surface area contributed by atoms with Gasteiger partial charge in [-0.05, 0) is 6.07 Å². The number of hydrogen-bond donors (Lipinski definition) is 2. The maximum absolute atomic E-state index is 13.5. The molecular formula is C14H13FN6O. The highest BCUT2D eigenvalue weighted by atomic mass is 19.1. The van der Waals surface area contributed by atoms with Gasteiger partial charge in [-0.25, -0.2) is 4.39 Å². The third-order valence-electron chi connectivity index (χ3n) is 3.49. The predicted molar refractivity (Wildman–Crippen MR) is 76.5 cm³/mol. The molecule has 2 N–H and O–H groups in total. The smallest absolute Gasteiger partial charge is 0.253 e.